The molecule has 2 atom stereocenters. The summed E-state index contributed by atoms with van der Waals surface area (Å²) in [4.78, 5) is 0. The first-order valence-electron chi connectivity index (χ1n) is 14.4. The van der Waals surface area contributed by atoms with E-state index in [1.807, 2.05) is 13.8 Å². The minimum absolute atomic E-state index is 0.0161. The zero-order valence-electron chi connectivity index (χ0n) is 24.3. The van der Waals surface area contributed by atoms with Crippen molar-refractivity contribution < 1.29 is 40.9 Å². The van der Waals surface area contributed by atoms with Gasteiger partial charge in [-0.15, -0.1) is 0 Å². The Bertz CT molecular complexity index is 1720. The molecule has 0 spiro atoms. The Balaban J connectivity index is 1.64. The number of fused-ring (bicyclic) bond motifs is 2. The maximum Gasteiger partial charge on any atom is 0.137 e. The number of rotatable bonds is 10. The zero-order valence-corrected chi connectivity index (χ0v) is 24.3. The Morgan fingerprint density at radius 1 is 0.477 bits per heavy atom. The number of phenols is 8. The summed E-state index contributed by atoms with van der Waals surface area (Å²) in [6, 6.07) is 13.9. The molecule has 44 heavy (non-hydrogen) atoms. The van der Waals surface area contributed by atoms with Gasteiger partial charge in [-0.2, -0.15) is 0 Å². The first-order chi connectivity index (χ1) is 21.0. The molecule has 10 nitrogen and oxygen atoms in total. The maximum absolute atomic E-state index is 11.6. The topological polar surface area (TPSA) is 186 Å². The van der Waals surface area contributed by atoms with Gasteiger partial charge >= 0.3 is 0 Å². The molecule has 0 aliphatic rings. The van der Waals surface area contributed by atoms with Gasteiger partial charge in [-0.05, 0) is 97.5 Å². The van der Waals surface area contributed by atoms with Crippen LogP contribution >= 0.6 is 0 Å². The molecule has 0 amide bonds. The molecular weight excluding hydrogens is 564 g/mol. The van der Waals surface area contributed by atoms with Crippen LogP contribution in [0, 0.1) is 0 Å². The van der Waals surface area contributed by atoms with Crippen LogP contribution in [0.15, 0.2) is 60.7 Å². The van der Waals surface area contributed by atoms with Crippen LogP contribution in [0.2, 0.25) is 0 Å². The van der Waals surface area contributed by atoms with Crippen molar-refractivity contribution in [3.05, 3.63) is 71.8 Å². The Kier molecular flexibility index (Phi) is 8.26. The monoisotopic (exact) mass is 600 g/mol. The van der Waals surface area contributed by atoms with E-state index in [4.69, 9.17) is 0 Å². The molecule has 230 valence electrons. The van der Waals surface area contributed by atoms with Crippen molar-refractivity contribution in [3.63, 3.8) is 0 Å². The second-order valence-corrected chi connectivity index (χ2v) is 11.0. The predicted octanol–water partition coefficient (Wildman–Crippen LogP) is 6.50. The Morgan fingerprint density at radius 3 is 1.20 bits per heavy atom. The molecule has 0 aliphatic heterocycles. The van der Waals surface area contributed by atoms with Crippen LogP contribution in [0.3, 0.4) is 0 Å². The van der Waals surface area contributed by atoms with Gasteiger partial charge in [0.15, 0.2) is 0 Å². The molecule has 5 rings (SSSR count). The van der Waals surface area contributed by atoms with Crippen LogP contribution < -0.4 is 10.6 Å². The van der Waals surface area contributed by atoms with Gasteiger partial charge in [-0.25, -0.2) is 0 Å². The summed E-state index contributed by atoms with van der Waals surface area (Å²) in [6.45, 7) is 3.88. The van der Waals surface area contributed by atoms with Crippen molar-refractivity contribution in [3.8, 4) is 46.0 Å². The summed E-state index contributed by atoms with van der Waals surface area (Å²) in [6.07, 6.45) is 1.84. The third-order valence-corrected chi connectivity index (χ3v) is 8.08. The smallest absolute Gasteiger partial charge is 0.137 e. The van der Waals surface area contributed by atoms with Gasteiger partial charge in [0.1, 0.15) is 46.0 Å². The van der Waals surface area contributed by atoms with Gasteiger partial charge in [0.2, 0.25) is 0 Å². The fourth-order valence-corrected chi connectivity index (χ4v) is 5.68. The first kappa shape index (κ1) is 30.1. The van der Waals surface area contributed by atoms with Crippen molar-refractivity contribution in [1.29, 1.82) is 0 Å². The lowest BCUT2D eigenvalue weighted by atomic mass is 9.95. The molecule has 10 heteroatoms. The van der Waals surface area contributed by atoms with Crippen LogP contribution in [0.1, 0.15) is 37.8 Å². The van der Waals surface area contributed by atoms with E-state index in [1.165, 1.54) is 48.5 Å². The van der Waals surface area contributed by atoms with E-state index < -0.39 is 0 Å². The van der Waals surface area contributed by atoms with Crippen LogP contribution in [-0.2, 0) is 12.8 Å². The molecule has 0 aliphatic carbocycles. The van der Waals surface area contributed by atoms with Gasteiger partial charge < -0.3 is 51.5 Å². The van der Waals surface area contributed by atoms with Crippen LogP contribution in [-0.4, -0.2) is 52.9 Å². The summed E-state index contributed by atoms with van der Waals surface area (Å²) in [5, 5.41) is 92.1. The standard InChI is InChI=1S/C34H36N2O8/c1-3-19(13-17-15-21(37)5-9-25(17)39)35-23-7-8-24(36-20(4-2)14-18-16-22(38)6-10-26(18)40)30-29(23)33(43)31-27(41)11-12-28(42)32(31)34(30)44/h5-12,15-16,19-20,35-44H,3-4,13-14H2,1-2H3. The van der Waals surface area contributed by atoms with Crippen molar-refractivity contribution in [2.45, 2.75) is 51.6 Å². The minimum atomic E-state index is -0.360. The number of aromatic hydroxyl groups is 8. The van der Waals surface area contributed by atoms with Crippen LogP contribution in [0.25, 0.3) is 21.5 Å². The molecule has 0 aromatic heterocycles. The summed E-state index contributed by atoms with van der Waals surface area (Å²) < 4.78 is 0. The van der Waals surface area contributed by atoms with Crippen LogP contribution in [0.5, 0.6) is 46.0 Å². The lowest BCUT2D eigenvalue weighted by molar-refractivity contribution is 0.451. The Hall–Kier alpha value is -5.38. The highest BCUT2D eigenvalue weighted by molar-refractivity contribution is 6.21. The van der Waals surface area contributed by atoms with Gasteiger partial charge in [0.25, 0.3) is 0 Å². The molecule has 5 aromatic rings. The van der Waals surface area contributed by atoms with E-state index in [0.717, 1.165) is 0 Å². The first-order valence-corrected chi connectivity index (χ1v) is 14.4. The predicted molar refractivity (Wildman–Crippen MR) is 170 cm³/mol. The van der Waals surface area contributed by atoms with Crippen molar-refractivity contribution in [2.24, 2.45) is 0 Å². The molecule has 0 saturated heterocycles. The van der Waals surface area contributed by atoms with E-state index in [0.29, 0.717) is 48.2 Å². The summed E-state index contributed by atoms with van der Waals surface area (Å²) in [5.41, 5.74) is 1.89. The average Bonchev–Trinajstić information content (AvgIpc) is 3.00. The van der Waals surface area contributed by atoms with Crippen molar-refractivity contribution >= 4 is 32.9 Å². The lowest BCUT2D eigenvalue weighted by Gasteiger charge is -2.25. The molecule has 5 aromatic carbocycles. The second-order valence-electron chi connectivity index (χ2n) is 11.0. The lowest BCUT2D eigenvalue weighted by Crippen LogP contribution is -2.23. The fourth-order valence-electron chi connectivity index (χ4n) is 5.68. The van der Waals surface area contributed by atoms with Crippen LogP contribution in [0.4, 0.5) is 11.4 Å². The highest BCUT2D eigenvalue weighted by Gasteiger charge is 2.25. The average molecular weight is 601 g/mol. The molecule has 0 heterocycles. The number of nitrogens with one attached hydrogen (secondary N) is 2. The SMILES string of the molecule is CCC(Cc1cc(O)ccc1O)Nc1ccc(NC(CC)Cc2cc(O)ccc2O)c2c(O)c3c(O)ccc(O)c3c(O)c12. The Labute approximate surface area is 253 Å². The van der Waals surface area contributed by atoms with Gasteiger partial charge in [-0.1, -0.05) is 13.8 Å². The van der Waals surface area contributed by atoms with E-state index >= 15 is 0 Å². The molecule has 10 N–H and O–H groups in total. The number of hydrogen-bond donors (Lipinski definition) is 10. The third-order valence-electron chi connectivity index (χ3n) is 8.08. The van der Waals surface area contributed by atoms with Gasteiger partial charge in [-0.3, -0.25) is 0 Å². The second kappa shape index (κ2) is 12.1. The fraction of sp³-hybridized carbons (Fsp3) is 0.235. The largest absolute Gasteiger partial charge is 0.508 e. The molecule has 2 unspecified atom stereocenters. The number of anilines is 2. The normalized spacial score (nSPS) is 12.8. The van der Waals surface area contributed by atoms with E-state index in [-0.39, 0.29) is 79.6 Å². The number of phenolic OH excluding ortho intramolecular Hbond substituents is 8. The van der Waals surface area contributed by atoms with Crippen molar-refractivity contribution in [1.82, 2.24) is 0 Å². The summed E-state index contributed by atoms with van der Waals surface area (Å²) in [5.74, 6) is -1.30. The van der Waals surface area contributed by atoms with E-state index in [1.54, 1.807) is 12.1 Å². The third kappa shape index (κ3) is 5.66. The van der Waals surface area contributed by atoms with Crippen molar-refractivity contribution in [2.75, 3.05) is 10.6 Å². The molecule has 0 radical (unpaired) electrons. The summed E-state index contributed by atoms with van der Waals surface area (Å²) >= 11 is 0. The Morgan fingerprint density at radius 2 is 0.841 bits per heavy atom. The quantitative estimate of drug-likeness (QED) is 0.0626. The molecule has 0 bridgehead atoms. The highest BCUT2D eigenvalue weighted by atomic mass is 16.3. The number of hydrogen-bond acceptors (Lipinski definition) is 10. The molecule has 0 saturated carbocycles. The highest BCUT2D eigenvalue weighted by Crippen LogP contribution is 2.52. The number of benzene rings is 5. The minimum Gasteiger partial charge on any atom is -0.508 e. The van der Waals surface area contributed by atoms with E-state index in [2.05, 4.69) is 10.6 Å². The summed E-state index contributed by atoms with van der Waals surface area (Å²) in [7, 11) is 0. The molecule has 0 fully saturated rings. The molecular formula is C34H36N2O8. The van der Waals surface area contributed by atoms with Gasteiger partial charge in [0, 0.05) is 23.5 Å². The van der Waals surface area contributed by atoms with E-state index in [9.17, 15) is 40.9 Å². The zero-order chi connectivity index (χ0) is 31.7. The maximum atomic E-state index is 11.6. The van der Waals surface area contributed by atoms with Gasteiger partial charge in [0.05, 0.1) is 21.5 Å².